The number of benzene rings is 7. The Bertz CT molecular complexity index is 2630. The molecule has 0 atom stereocenters. The Morgan fingerprint density at radius 2 is 0.875 bits per heavy atom. The molecule has 48 heavy (non-hydrogen) atoms. The summed E-state index contributed by atoms with van der Waals surface area (Å²) in [5, 5.41) is 4.25. The van der Waals surface area contributed by atoms with Gasteiger partial charge in [0.1, 0.15) is 5.58 Å². The van der Waals surface area contributed by atoms with Gasteiger partial charge in [-0.1, -0.05) is 24.3 Å². The molecule has 0 aliphatic rings. The molecule has 0 bridgehead atoms. The molecule has 0 amide bonds. The van der Waals surface area contributed by atoms with Gasteiger partial charge >= 0.3 is 240 Å². The summed E-state index contributed by atoms with van der Waals surface area (Å²) >= 11 is 2.80. The molecule has 7 aromatic carbocycles. The van der Waals surface area contributed by atoms with Gasteiger partial charge in [0.25, 0.3) is 0 Å². The first kappa shape index (κ1) is 28.4. The van der Waals surface area contributed by atoms with Gasteiger partial charge < -0.3 is 4.42 Å². The molecule has 0 saturated carbocycles. The first-order valence-electron chi connectivity index (χ1n) is 15.8. The van der Waals surface area contributed by atoms with E-state index in [0.717, 1.165) is 55.0 Å². The molecule has 9 aromatic rings. The zero-order chi connectivity index (χ0) is 32.0. The van der Waals surface area contributed by atoms with Crippen molar-refractivity contribution in [3.8, 4) is 56.4 Å². The van der Waals surface area contributed by atoms with Crippen molar-refractivity contribution in [3.63, 3.8) is 0 Å². The van der Waals surface area contributed by atoms with E-state index in [2.05, 4.69) is 113 Å². The van der Waals surface area contributed by atoms with E-state index in [1.807, 2.05) is 60.7 Å². The van der Waals surface area contributed by atoms with Crippen LogP contribution in [0.15, 0.2) is 162 Å². The number of aromatic nitrogens is 3. The third-order valence-electron chi connectivity index (χ3n) is 8.89. The van der Waals surface area contributed by atoms with Crippen LogP contribution in [0.5, 0.6) is 0 Å². The van der Waals surface area contributed by atoms with Gasteiger partial charge in [-0.3, -0.25) is 0 Å². The first-order valence-corrected chi connectivity index (χ1v) is 16.8. The second-order valence-corrected chi connectivity index (χ2v) is 12.7. The zero-order valence-electron chi connectivity index (χ0n) is 25.7. The first-order chi connectivity index (χ1) is 23.7. The number of hydrogen-bond acceptors (Lipinski definition) is 4. The number of nitrogens with zero attached hydrogens (tertiary/aromatic N) is 3. The van der Waals surface area contributed by atoms with Crippen LogP contribution in [0.25, 0.3) is 89.1 Å². The summed E-state index contributed by atoms with van der Waals surface area (Å²) < 4.78 is 7.41. The van der Waals surface area contributed by atoms with E-state index in [-0.39, 0.29) is 0 Å². The average Bonchev–Trinajstić information content (AvgIpc) is 3.54. The Morgan fingerprint density at radius 1 is 0.354 bits per heavy atom. The van der Waals surface area contributed by atoms with Crippen molar-refractivity contribution < 1.29 is 4.42 Å². The van der Waals surface area contributed by atoms with E-state index in [0.29, 0.717) is 17.5 Å². The standard InChI is InChI=1S/C43H27N3OSe/c48-40-29(27-13-3-1-4-14-27)20-11-21-33(40)32-25-26-34(31-18-8-7-17-30(31)32)42-44-41(28-15-5-2-6-16-28)45-43(46-42)36-22-12-24-38-39(36)35-19-9-10-23-37(35)47-38/h1-26,48H. The van der Waals surface area contributed by atoms with E-state index >= 15 is 0 Å². The molecule has 0 radical (unpaired) electrons. The molecule has 2 aromatic heterocycles. The molecular weight excluding hydrogens is 653 g/mol. The summed E-state index contributed by atoms with van der Waals surface area (Å²) in [6.07, 6.45) is 0. The fourth-order valence-electron chi connectivity index (χ4n) is 6.63. The minimum absolute atomic E-state index is 0.605. The fourth-order valence-corrected chi connectivity index (χ4v) is 7.47. The number of rotatable bonds is 5. The molecule has 0 aliphatic carbocycles. The number of hydrogen-bond donors (Lipinski definition) is 0. The third-order valence-corrected chi connectivity index (χ3v) is 9.90. The predicted molar refractivity (Wildman–Crippen MR) is 199 cm³/mol. The summed E-state index contributed by atoms with van der Waals surface area (Å²) in [6.45, 7) is 0. The van der Waals surface area contributed by atoms with Crippen molar-refractivity contribution >= 4 is 53.2 Å². The Morgan fingerprint density at radius 3 is 1.65 bits per heavy atom. The minimum atomic E-state index is 0.605. The Labute approximate surface area is 285 Å². The van der Waals surface area contributed by atoms with Gasteiger partial charge in [-0.25, -0.2) is 0 Å². The molecule has 0 aliphatic heterocycles. The van der Waals surface area contributed by atoms with Crippen LogP contribution in [-0.2, 0) is 0 Å². The molecular formula is C43H27N3OSe. The van der Waals surface area contributed by atoms with Crippen molar-refractivity contribution in [3.05, 3.63) is 158 Å². The number of fused-ring (bicyclic) bond motifs is 4. The molecule has 226 valence electrons. The molecule has 9 rings (SSSR count). The Balaban J connectivity index is 1.27. The maximum atomic E-state index is 6.23. The van der Waals surface area contributed by atoms with Gasteiger partial charge in [-0.05, 0) is 12.1 Å². The summed E-state index contributed by atoms with van der Waals surface area (Å²) in [6, 6.07) is 54.2. The zero-order valence-corrected chi connectivity index (χ0v) is 27.6. The van der Waals surface area contributed by atoms with Gasteiger partial charge in [-0.15, -0.1) is 0 Å². The van der Waals surface area contributed by atoms with Crippen LogP contribution in [0.2, 0.25) is 0 Å². The summed E-state index contributed by atoms with van der Waals surface area (Å²) in [5.41, 5.74) is 9.17. The van der Waals surface area contributed by atoms with Gasteiger partial charge in [0.05, 0.1) is 0 Å². The maximum absolute atomic E-state index is 6.23. The van der Waals surface area contributed by atoms with Gasteiger partial charge in [0, 0.05) is 0 Å². The van der Waals surface area contributed by atoms with Crippen molar-refractivity contribution in [2.24, 2.45) is 0 Å². The molecule has 0 unspecified atom stereocenters. The SMILES string of the molecule is [SeH]c1c(-c2ccccc2)cccc1-c1ccc(-c2nc(-c3ccccc3)nc(-c3cccc4oc5ccccc5c34)n2)c2ccccc12. The predicted octanol–water partition coefficient (Wildman–Crippen LogP) is 9.79. The average molecular weight is 681 g/mol. The third kappa shape index (κ3) is 4.80. The molecule has 0 saturated heterocycles. The van der Waals surface area contributed by atoms with E-state index in [1.54, 1.807) is 0 Å². The quantitative estimate of drug-likeness (QED) is 0.170. The molecule has 4 nitrogen and oxygen atoms in total. The monoisotopic (exact) mass is 681 g/mol. The van der Waals surface area contributed by atoms with Gasteiger partial charge in [-0.2, -0.15) is 0 Å². The van der Waals surface area contributed by atoms with E-state index in [4.69, 9.17) is 19.4 Å². The van der Waals surface area contributed by atoms with E-state index in [1.165, 1.54) is 21.2 Å². The van der Waals surface area contributed by atoms with Crippen molar-refractivity contribution in [1.29, 1.82) is 0 Å². The molecule has 0 fully saturated rings. The normalized spacial score (nSPS) is 11.4. The van der Waals surface area contributed by atoms with Crippen molar-refractivity contribution in [1.82, 2.24) is 15.0 Å². The summed E-state index contributed by atoms with van der Waals surface area (Å²) in [5.74, 6) is 1.85. The number of furan rings is 1. The second-order valence-electron chi connectivity index (χ2n) is 11.7. The molecule has 2 heterocycles. The topological polar surface area (TPSA) is 51.8 Å². The molecule has 5 heteroatoms. The van der Waals surface area contributed by atoms with Crippen LogP contribution >= 0.6 is 0 Å². The van der Waals surface area contributed by atoms with Crippen LogP contribution in [0.4, 0.5) is 0 Å². The fraction of sp³-hybridized carbons (Fsp3) is 0. The van der Waals surface area contributed by atoms with Crippen LogP contribution in [0.3, 0.4) is 0 Å². The van der Waals surface area contributed by atoms with Crippen LogP contribution in [-0.4, -0.2) is 31.0 Å². The van der Waals surface area contributed by atoms with E-state index < -0.39 is 0 Å². The van der Waals surface area contributed by atoms with Gasteiger partial charge in [0.2, 0.25) is 0 Å². The van der Waals surface area contributed by atoms with E-state index in [9.17, 15) is 0 Å². The molecule has 0 spiro atoms. The van der Waals surface area contributed by atoms with Crippen molar-refractivity contribution in [2.75, 3.05) is 0 Å². The Kier molecular flexibility index (Phi) is 6.93. The molecule has 0 N–H and O–H groups in total. The van der Waals surface area contributed by atoms with Crippen LogP contribution in [0.1, 0.15) is 0 Å². The van der Waals surface area contributed by atoms with Crippen LogP contribution < -0.4 is 4.46 Å². The Hall–Kier alpha value is -5.87. The second kappa shape index (κ2) is 11.7. The van der Waals surface area contributed by atoms with Gasteiger partial charge in [0.15, 0.2) is 0 Å². The van der Waals surface area contributed by atoms with Crippen molar-refractivity contribution in [2.45, 2.75) is 0 Å². The summed E-state index contributed by atoms with van der Waals surface area (Å²) in [7, 11) is 0. The summed E-state index contributed by atoms with van der Waals surface area (Å²) in [4.78, 5) is 15.4. The number of para-hydroxylation sites is 1. The van der Waals surface area contributed by atoms with Crippen LogP contribution in [0, 0.1) is 0 Å².